The molecule has 0 saturated heterocycles. The Balaban J connectivity index is 2.32. The average molecular weight is 366 g/mol. The molecule has 140 valence electrons. The van der Waals surface area contributed by atoms with Crippen molar-refractivity contribution in [3.05, 3.63) is 59.2 Å². The van der Waals surface area contributed by atoms with Crippen molar-refractivity contribution in [1.82, 2.24) is 0 Å². The maximum atomic E-state index is 11.7. The number of nitrogens with zero attached hydrogens (tertiary/aromatic N) is 1. The van der Waals surface area contributed by atoms with Gasteiger partial charge in [0.25, 0.3) is 5.91 Å². The van der Waals surface area contributed by atoms with Crippen LogP contribution in [0.25, 0.3) is 0 Å². The zero-order valence-corrected chi connectivity index (χ0v) is 15.1. The number of nitrogens with one attached hydrogen (secondary N) is 1. The minimum Gasteiger partial charge on any atom is -0.548 e. The standard InChI is InChI=1S/C20H21N3O4/c1-12(2)16-9-14(5-8-17(16)27-11-18(22)24)19(20(25)26)23-15-6-3-13(10-21)4-7-15/h3-9,12,19,23H,11H2,1-2H3,(H2,22,24)(H,25,26)/p-1. The van der Waals surface area contributed by atoms with E-state index in [0.29, 0.717) is 22.6 Å². The van der Waals surface area contributed by atoms with Crippen LogP contribution in [0.3, 0.4) is 0 Å². The number of anilines is 1. The predicted molar refractivity (Wildman–Crippen MR) is 97.7 cm³/mol. The van der Waals surface area contributed by atoms with Crippen LogP contribution in [-0.2, 0) is 9.59 Å². The van der Waals surface area contributed by atoms with E-state index in [4.69, 9.17) is 15.7 Å². The summed E-state index contributed by atoms with van der Waals surface area (Å²) in [6, 6.07) is 12.3. The molecule has 0 heterocycles. The van der Waals surface area contributed by atoms with E-state index in [1.807, 2.05) is 19.9 Å². The zero-order valence-electron chi connectivity index (χ0n) is 15.1. The summed E-state index contributed by atoms with van der Waals surface area (Å²) in [6.45, 7) is 3.60. The number of aliphatic carboxylic acids is 1. The van der Waals surface area contributed by atoms with Crippen LogP contribution in [0.2, 0.25) is 0 Å². The second-order valence-electron chi connectivity index (χ2n) is 6.29. The number of nitrogens with two attached hydrogens (primary N) is 1. The number of hydrogen-bond donors (Lipinski definition) is 2. The van der Waals surface area contributed by atoms with Crippen molar-refractivity contribution in [3.63, 3.8) is 0 Å². The van der Waals surface area contributed by atoms with E-state index in [0.717, 1.165) is 5.56 Å². The van der Waals surface area contributed by atoms with Crippen LogP contribution in [0.5, 0.6) is 5.75 Å². The summed E-state index contributed by atoms with van der Waals surface area (Å²) in [4.78, 5) is 22.6. The SMILES string of the molecule is CC(C)c1cc(C(Nc2ccc(C#N)cc2)C(=O)[O-])ccc1OCC(N)=O. The number of benzene rings is 2. The number of carbonyl (C=O) groups is 2. The van der Waals surface area contributed by atoms with Gasteiger partial charge in [0, 0.05) is 5.69 Å². The van der Waals surface area contributed by atoms with Gasteiger partial charge in [0.05, 0.1) is 23.6 Å². The maximum absolute atomic E-state index is 11.7. The molecule has 27 heavy (non-hydrogen) atoms. The van der Waals surface area contributed by atoms with Crippen LogP contribution in [0.1, 0.15) is 42.5 Å². The van der Waals surface area contributed by atoms with Gasteiger partial charge in [0.2, 0.25) is 0 Å². The normalized spacial score (nSPS) is 11.5. The summed E-state index contributed by atoms with van der Waals surface area (Å²) in [5.41, 5.74) is 7.36. The number of primary amides is 1. The van der Waals surface area contributed by atoms with Crippen molar-refractivity contribution < 1.29 is 19.4 Å². The molecule has 7 nitrogen and oxygen atoms in total. The lowest BCUT2D eigenvalue weighted by atomic mass is 9.96. The molecule has 1 atom stereocenters. The molecule has 0 radical (unpaired) electrons. The van der Waals surface area contributed by atoms with E-state index in [9.17, 15) is 14.7 Å². The number of nitriles is 1. The highest BCUT2D eigenvalue weighted by Gasteiger charge is 2.17. The van der Waals surface area contributed by atoms with Gasteiger partial charge in [-0.05, 0) is 53.4 Å². The quantitative estimate of drug-likeness (QED) is 0.727. The minimum atomic E-state index is -1.29. The van der Waals surface area contributed by atoms with Crippen LogP contribution in [0.15, 0.2) is 42.5 Å². The first-order chi connectivity index (χ1) is 12.8. The molecule has 2 aromatic carbocycles. The van der Waals surface area contributed by atoms with Crippen LogP contribution in [0, 0.1) is 11.3 Å². The van der Waals surface area contributed by atoms with E-state index in [2.05, 4.69) is 5.32 Å². The lowest BCUT2D eigenvalue weighted by Gasteiger charge is -2.23. The minimum absolute atomic E-state index is 0.0325. The van der Waals surface area contributed by atoms with E-state index in [1.54, 1.807) is 42.5 Å². The number of rotatable bonds is 8. The van der Waals surface area contributed by atoms with Crippen molar-refractivity contribution in [3.8, 4) is 11.8 Å². The highest BCUT2D eigenvalue weighted by molar-refractivity contribution is 5.78. The summed E-state index contributed by atoms with van der Waals surface area (Å²) < 4.78 is 5.41. The van der Waals surface area contributed by atoms with Crippen molar-refractivity contribution in [2.75, 3.05) is 11.9 Å². The zero-order chi connectivity index (χ0) is 20.0. The second kappa shape index (κ2) is 8.72. The number of ether oxygens (including phenoxy) is 1. The molecule has 1 amide bonds. The summed E-state index contributed by atoms with van der Waals surface area (Å²) in [5.74, 6) is -1.38. The van der Waals surface area contributed by atoms with Gasteiger partial charge in [0.15, 0.2) is 6.61 Å². The van der Waals surface area contributed by atoms with Gasteiger partial charge >= 0.3 is 0 Å². The van der Waals surface area contributed by atoms with Crippen molar-refractivity contribution >= 4 is 17.6 Å². The summed E-state index contributed by atoms with van der Waals surface area (Å²) in [5, 5.41) is 23.4. The van der Waals surface area contributed by atoms with Gasteiger partial charge in [-0.1, -0.05) is 19.9 Å². The molecule has 0 aliphatic heterocycles. The van der Waals surface area contributed by atoms with E-state index < -0.39 is 17.9 Å². The predicted octanol–water partition coefficient (Wildman–Crippen LogP) is 1.45. The molecule has 0 spiro atoms. The Morgan fingerprint density at radius 2 is 1.89 bits per heavy atom. The highest BCUT2D eigenvalue weighted by Crippen LogP contribution is 2.31. The summed E-state index contributed by atoms with van der Waals surface area (Å²) in [7, 11) is 0. The van der Waals surface area contributed by atoms with E-state index in [1.165, 1.54) is 0 Å². The smallest absolute Gasteiger partial charge is 0.255 e. The Morgan fingerprint density at radius 1 is 1.22 bits per heavy atom. The molecule has 0 fully saturated rings. The van der Waals surface area contributed by atoms with E-state index in [-0.39, 0.29) is 12.5 Å². The molecule has 0 aromatic heterocycles. The third kappa shape index (κ3) is 5.22. The molecule has 7 heteroatoms. The Labute approximate surface area is 157 Å². The van der Waals surface area contributed by atoms with Crippen molar-refractivity contribution in [2.45, 2.75) is 25.8 Å². The topological polar surface area (TPSA) is 128 Å². The number of carbonyl (C=O) groups excluding carboxylic acids is 2. The molecular formula is C20H20N3O4-. The number of hydrogen-bond acceptors (Lipinski definition) is 6. The lowest BCUT2D eigenvalue weighted by Crippen LogP contribution is -2.34. The Hall–Kier alpha value is -3.53. The number of carboxylic acids is 1. The van der Waals surface area contributed by atoms with Gasteiger partial charge in [-0.2, -0.15) is 5.26 Å². The maximum Gasteiger partial charge on any atom is 0.255 e. The van der Waals surface area contributed by atoms with E-state index >= 15 is 0 Å². The molecule has 0 aliphatic carbocycles. The summed E-state index contributed by atoms with van der Waals surface area (Å²) in [6.07, 6.45) is 0. The Morgan fingerprint density at radius 3 is 2.41 bits per heavy atom. The van der Waals surface area contributed by atoms with Gasteiger partial charge in [0.1, 0.15) is 5.75 Å². The number of amides is 1. The molecule has 3 N–H and O–H groups in total. The fourth-order valence-electron chi connectivity index (χ4n) is 2.56. The molecule has 0 saturated carbocycles. The molecule has 1 unspecified atom stereocenters. The Kier molecular flexibility index (Phi) is 6.39. The third-order valence-corrected chi connectivity index (χ3v) is 3.92. The number of carboxylic acid groups (broad SMARTS) is 1. The largest absolute Gasteiger partial charge is 0.548 e. The Bertz CT molecular complexity index is 870. The van der Waals surface area contributed by atoms with Gasteiger partial charge in [-0.25, -0.2) is 0 Å². The molecule has 0 aliphatic rings. The third-order valence-electron chi connectivity index (χ3n) is 3.92. The van der Waals surface area contributed by atoms with Gasteiger partial charge in [-0.3, -0.25) is 4.79 Å². The summed E-state index contributed by atoms with van der Waals surface area (Å²) >= 11 is 0. The van der Waals surface area contributed by atoms with Crippen molar-refractivity contribution in [2.24, 2.45) is 5.73 Å². The van der Waals surface area contributed by atoms with Crippen LogP contribution >= 0.6 is 0 Å². The molecule has 2 rings (SSSR count). The fraction of sp³-hybridized carbons (Fsp3) is 0.250. The molecule has 2 aromatic rings. The van der Waals surface area contributed by atoms with Crippen LogP contribution in [0.4, 0.5) is 5.69 Å². The first kappa shape index (κ1) is 19.8. The highest BCUT2D eigenvalue weighted by atomic mass is 16.5. The fourth-order valence-corrected chi connectivity index (χ4v) is 2.56. The first-order valence-corrected chi connectivity index (χ1v) is 8.34. The second-order valence-corrected chi connectivity index (χ2v) is 6.29. The molecule has 0 bridgehead atoms. The lowest BCUT2D eigenvalue weighted by molar-refractivity contribution is -0.307. The van der Waals surface area contributed by atoms with Crippen molar-refractivity contribution in [1.29, 1.82) is 5.26 Å². The average Bonchev–Trinajstić information content (AvgIpc) is 2.64. The van der Waals surface area contributed by atoms with Crippen LogP contribution in [-0.4, -0.2) is 18.5 Å². The monoisotopic (exact) mass is 366 g/mol. The first-order valence-electron chi connectivity index (χ1n) is 8.34. The van der Waals surface area contributed by atoms with Crippen LogP contribution < -0.4 is 20.9 Å². The van der Waals surface area contributed by atoms with Gasteiger partial charge in [-0.15, -0.1) is 0 Å². The van der Waals surface area contributed by atoms with Gasteiger partial charge < -0.3 is 25.7 Å². The molecular weight excluding hydrogens is 346 g/mol.